The number of hydrogen-bond donors (Lipinski definition) is 5. The number of terminal acetylenes is 1. The number of rotatable bonds is 10. The van der Waals surface area contributed by atoms with E-state index in [9.17, 15) is 24.6 Å². The molecule has 5 fully saturated rings. The summed E-state index contributed by atoms with van der Waals surface area (Å²) in [6, 6.07) is 15.6. The molecule has 2 saturated carbocycles. The highest BCUT2D eigenvalue weighted by atomic mass is 16.3. The van der Waals surface area contributed by atoms with Gasteiger partial charge in [-0.25, -0.2) is 9.97 Å². The van der Waals surface area contributed by atoms with Gasteiger partial charge in [-0.3, -0.25) is 19.3 Å². The maximum absolute atomic E-state index is 14.2. The first-order valence-electron chi connectivity index (χ1n) is 25.1. The van der Waals surface area contributed by atoms with E-state index < -0.39 is 23.6 Å². The zero-order valence-corrected chi connectivity index (χ0v) is 40.6. The van der Waals surface area contributed by atoms with Crippen LogP contribution in [0.5, 0.6) is 5.75 Å². The number of phenolic OH excluding ortho intramolecular Hbond substituents is 1. The average molecular weight is 951 g/mol. The summed E-state index contributed by atoms with van der Waals surface area (Å²) in [7, 11) is 0. The fourth-order valence-corrected chi connectivity index (χ4v) is 11.8. The minimum Gasteiger partial charge on any atom is -0.507 e. The number of nitrogens with zero attached hydrogens (tertiary/aromatic N) is 9. The lowest BCUT2D eigenvalue weighted by molar-refractivity contribution is -0.145. The molecule has 6 heterocycles. The van der Waals surface area contributed by atoms with Crippen molar-refractivity contribution >= 4 is 40.9 Å². The van der Waals surface area contributed by atoms with Crippen LogP contribution in [-0.4, -0.2) is 147 Å². The van der Waals surface area contributed by atoms with Gasteiger partial charge in [-0.15, -0.1) is 16.6 Å². The fraction of sp³-hybridized carbons (Fsp3) is 0.528. The zero-order chi connectivity index (χ0) is 48.7. The van der Waals surface area contributed by atoms with E-state index >= 15 is 0 Å². The largest absolute Gasteiger partial charge is 0.507 e. The maximum atomic E-state index is 14.2. The summed E-state index contributed by atoms with van der Waals surface area (Å²) in [5, 5.41) is 39.4. The summed E-state index contributed by atoms with van der Waals surface area (Å²) in [6.07, 6.45) is 14.6. The molecule has 10 rings (SSSR count). The molecule has 17 heteroatoms. The normalized spacial score (nSPS) is 26.0. The highest BCUT2D eigenvalue weighted by molar-refractivity contribution is 5.93. The van der Waals surface area contributed by atoms with Gasteiger partial charge in [-0.1, -0.05) is 51.0 Å². The molecule has 0 bridgehead atoms. The minimum absolute atomic E-state index is 0.0391. The van der Waals surface area contributed by atoms with Crippen LogP contribution in [0.2, 0.25) is 0 Å². The molecule has 1 spiro atoms. The molecule has 2 aromatic carbocycles. The van der Waals surface area contributed by atoms with Crippen LogP contribution in [0.25, 0.3) is 11.3 Å². The van der Waals surface area contributed by atoms with Crippen LogP contribution >= 0.6 is 0 Å². The molecule has 4 aliphatic heterocycles. The van der Waals surface area contributed by atoms with Crippen molar-refractivity contribution in [3.8, 4) is 29.4 Å². The molecule has 4 aromatic rings. The number of aromatic nitrogens is 4. The van der Waals surface area contributed by atoms with Crippen molar-refractivity contribution < 1.29 is 24.6 Å². The van der Waals surface area contributed by atoms with E-state index in [0.29, 0.717) is 17.3 Å². The Balaban J connectivity index is 0.667. The van der Waals surface area contributed by atoms with Crippen LogP contribution in [0.3, 0.4) is 0 Å². The predicted molar refractivity (Wildman–Crippen MR) is 268 cm³/mol. The van der Waals surface area contributed by atoms with Gasteiger partial charge in [0.15, 0.2) is 5.82 Å². The first-order chi connectivity index (χ1) is 33.7. The van der Waals surface area contributed by atoms with Gasteiger partial charge < -0.3 is 45.8 Å². The first kappa shape index (κ1) is 47.2. The number of carbonyl (C=O) groups is 3. The number of aromatic hydroxyl groups is 1. The Morgan fingerprint density at radius 2 is 1.61 bits per heavy atom. The monoisotopic (exact) mass is 951 g/mol. The third-order valence-corrected chi connectivity index (χ3v) is 16.0. The highest BCUT2D eigenvalue weighted by Crippen LogP contribution is 2.54. The summed E-state index contributed by atoms with van der Waals surface area (Å²) < 4.78 is 0. The Kier molecular flexibility index (Phi) is 13.0. The van der Waals surface area contributed by atoms with Gasteiger partial charge >= 0.3 is 0 Å². The van der Waals surface area contributed by atoms with Gasteiger partial charge in [0.1, 0.15) is 17.8 Å². The number of anilines is 4. The second-order valence-electron chi connectivity index (χ2n) is 21.5. The van der Waals surface area contributed by atoms with Crippen molar-refractivity contribution in [2.45, 2.75) is 103 Å². The van der Waals surface area contributed by atoms with E-state index in [-0.39, 0.29) is 60.4 Å². The number of piperazine rings is 2. The van der Waals surface area contributed by atoms with Gasteiger partial charge in [0.05, 0.1) is 41.6 Å². The highest BCUT2D eigenvalue weighted by Gasteiger charge is 2.50. The number of aliphatic hydroxyl groups excluding tert-OH is 1. The summed E-state index contributed by atoms with van der Waals surface area (Å²) >= 11 is 0. The lowest BCUT2D eigenvalue weighted by Gasteiger charge is -2.56. The minimum atomic E-state index is -0.844. The molecule has 368 valence electrons. The van der Waals surface area contributed by atoms with Crippen molar-refractivity contribution in [3.63, 3.8) is 0 Å². The number of fused-ring (bicyclic) bond motifs is 3. The van der Waals surface area contributed by atoms with E-state index in [2.05, 4.69) is 51.7 Å². The number of nitrogens with one attached hydrogen (secondary N) is 3. The second-order valence-corrected chi connectivity index (χ2v) is 21.5. The van der Waals surface area contributed by atoms with Crippen molar-refractivity contribution in [2.75, 3.05) is 78.9 Å². The number of hydrogen-bond acceptors (Lipinski definition) is 14. The van der Waals surface area contributed by atoms with Crippen molar-refractivity contribution in [1.29, 1.82) is 0 Å². The summed E-state index contributed by atoms with van der Waals surface area (Å²) in [5.74, 6) is 3.32. The van der Waals surface area contributed by atoms with E-state index in [0.717, 1.165) is 125 Å². The molecule has 0 unspecified atom stereocenters. The zero-order valence-electron chi connectivity index (χ0n) is 40.6. The summed E-state index contributed by atoms with van der Waals surface area (Å²) in [6.45, 7) is 13.0. The average Bonchev–Trinajstić information content (AvgIpc) is 3.77. The van der Waals surface area contributed by atoms with E-state index in [1.165, 1.54) is 4.90 Å². The smallest absolute Gasteiger partial charge is 0.246 e. The molecule has 0 radical (unpaired) electrons. The number of β-amino-alcohol motifs (C(OH)–C–C–N with tert-alkyl or cyclic N) is 1. The van der Waals surface area contributed by atoms with E-state index in [4.69, 9.17) is 16.4 Å². The Morgan fingerprint density at radius 1 is 0.900 bits per heavy atom. The third kappa shape index (κ3) is 9.68. The molecule has 5 N–H and O–H groups in total. The number of aliphatic hydroxyl groups is 1. The quantitative estimate of drug-likeness (QED) is 0.143. The molecular formula is C53H66N12O5. The lowest BCUT2D eigenvalue weighted by atomic mass is 9.56. The number of carbonyl (C=O) groups excluding carboxylic acids is 3. The number of amides is 3. The Morgan fingerprint density at radius 3 is 2.31 bits per heavy atom. The standard InChI is InChI=1S/C53H66N12O5/c1-5-34-10-12-35(13-11-34)28-55-49(69)44-24-40(66)33-65(44)50(70)46(52(2,3)4)58-48(68)36-14-16-53(17-15-36)26-37(27-53)61-18-20-62(21-19-61)38-29-56-51(57-30-38)63-22-23-64-39(32-63)31-54-47-43(64)25-42(59-60-47)41-8-6-7-9-45(41)67/h1,6-13,25,29-30,36-37,39-40,44,46,66-67H,14-24,26-28,31-33H2,2-4H3,(H,54,60)(H,55,69)(H,58,68)/t36-,37-,39-,40+,44-,46+,53?/m0/s1. The molecule has 2 aliphatic carbocycles. The molecule has 6 aliphatic rings. The first-order valence-corrected chi connectivity index (χ1v) is 25.1. The van der Waals surface area contributed by atoms with Gasteiger partial charge in [0.25, 0.3) is 0 Å². The number of likely N-dealkylation sites (tertiary alicyclic amines) is 1. The molecule has 3 amide bonds. The van der Waals surface area contributed by atoms with Gasteiger partial charge in [-0.05, 0) is 85.3 Å². The Labute approximate surface area is 410 Å². The SMILES string of the molecule is C#Cc1ccc(CNC(=O)[C@@H]2C[C@@H](O)CN2C(=O)[C@@H](NC(=O)[C@H]2CCC3(CC2)C[C@H](N2CCN(c4cnc(N5CCN6c7cc(-c8ccccc8O)nnc7NC[C@H]6C5)nc4)CC2)C3)C(C)(C)C)cc1. The van der Waals surface area contributed by atoms with Gasteiger partial charge in [0, 0.05) is 95.0 Å². The molecule has 3 saturated heterocycles. The van der Waals surface area contributed by atoms with Gasteiger partial charge in [0.2, 0.25) is 23.7 Å². The molecular weight excluding hydrogens is 885 g/mol. The fourth-order valence-electron chi connectivity index (χ4n) is 11.8. The number of benzene rings is 2. The van der Waals surface area contributed by atoms with Crippen LogP contribution in [-0.2, 0) is 20.9 Å². The summed E-state index contributed by atoms with van der Waals surface area (Å²) in [4.78, 5) is 62.4. The second kappa shape index (κ2) is 19.4. The Bertz CT molecular complexity index is 2590. The van der Waals surface area contributed by atoms with Crippen molar-refractivity contribution in [2.24, 2.45) is 16.7 Å². The topological polar surface area (TPSA) is 196 Å². The molecule has 17 nitrogen and oxygen atoms in total. The number of para-hydroxylation sites is 1. The van der Waals surface area contributed by atoms with Gasteiger partial charge in [-0.2, -0.15) is 0 Å². The van der Waals surface area contributed by atoms with Crippen molar-refractivity contribution in [3.05, 3.63) is 78.1 Å². The predicted octanol–water partition coefficient (Wildman–Crippen LogP) is 4.01. The van der Waals surface area contributed by atoms with E-state index in [1.54, 1.807) is 12.1 Å². The molecule has 70 heavy (non-hydrogen) atoms. The number of phenols is 1. The van der Waals surface area contributed by atoms with Crippen LogP contribution in [0.4, 0.5) is 23.1 Å². The van der Waals surface area contributed by atoms with Crippen LogP contribution in [0, 0.1) is 29.1 Å². The third-order valence-electron chi connectivity index (χ3n) is 16.0. The van der Waals surface area contributed by atoms with Crippen LogP contribution < -0.4 is 30.7 Å². The van der Waals surface area contributed by atoms with Crippen molar-refractivity contribution in [1.82, 2.24) is 40.6 Å². The lowest BCUT2D eigenvalue weighted by Crippen LogP contribution is -2.59. The Hall–Kier alpha value is -6.51. The van der Waals surface area contributed by atoms with Crippen LogP contribution in [0.15, 0.2) is 67.0 Å². The summed E-state index contributed by atoms with van der Waals surface area (Å²) in [5.41, 5.74) is 4.62. The maximum Gasteiger partial charge on any atom is 0.246 e. The molecule has 2 aromatic heterocycles. The van der Waals surface area contributed by atoms with Crippen LogP contribution in [0.1, 0.15) is 76.8 Å². The van der Waals surface area contributed by atoms with E-state index in [1.807, 2.05) is 75.6 Å². The molecule has 4 atom stereocenters.